The van der Waals surface area contributed by atoms with Crippen LogP contribution in [-0.4, -0.2) is 113 Å². The Hall–Kier alpha value is -1.49. The van der Waals surface area contributed by atoms with E-state index in [0.717, 1.165) is 4.48 Å². The maximum Gasteiger partial charge on any atom is 0.466 e. The fourth-order valence-corrected chi connectivity index (χ4v) is 3.60. The van der Waals surface area contributed by atoms with Crippen molar-refractivity contribution < 1.29 is 52.0 Å². The average molecular weight is 500 g/mol. The van der Waals surface area contributed by atoms with E-state index in [1.807, 2.05) is 0 Å². The molecule has 6 N–H and O–H groups in total. The minimum atomic E-state index is -4.88. The van der Waals surface area contributed by atoms with E-state index in [0.29, 0.717) is 17.3 Å². The molecule has 1 aromatic carbocycles. The summed E-state index contributed by atoms with van der Waals surface area (Å²) in [5.41, 5.74) is -0.649. The lowest BCUT2D eigenvalue weighted by molar-refractivity contribution is -0.849. The number of benzene rings is 1. The number of aliphatic hydroxyl groups is 4. The Kier molecular flexibility index (Phi) is 10.8. The van der Waals surface area contributed by atoms with Crippen molar-refractivity contribution >= 4 is 27.2 Å². The molecular formula is C18H31N2O10S2+. The van der Waals surface area contributed by atoms with Crippen LogP contribution in [0.25, 0.3) is 0 Å². The molecule has 0 aromatic heterocycles. The van der Waals surface area contributed by atoms with Crippen LogP contribution in [0.5, 0.6) is 5.75 Å². The van der Waals surface area contributed by atoms with E-state index >= 15 is 0 Å². The Labute approximate surface area is 191 Å². The van der Waals surface area contributed by atoms with Gasteiger partial charge < -0.3 is 34.8 Å². The zero-order valence-corrected chi connectivity index (χ0v) is 19.8. The van der Waals surface area contributed by atoms with E-state index in [1.165, 1.54) is 24.3 Å². The molecule has 184 valence electrons. The van der Waals surface area contributed by atoms with Crippen molar-refractivity contribution in [3.8, 4) is 5.75 Å². The van der Waals surface area contributed by atoms with Crippen molar-refractivity contribution in [2.75, 3.05) is 34.8 Å². The Morgan fingerprint density at radius 3 is 2.09 bits per heavy atom. The smallest absolute Gasteiger partial charge is 0.466 e. The lowest BCUT2D eigenvalue weighted by atomic mass is 10.0. The van der Waals surface area contributed by atoms with Crippen LogP contribution in [0.4, 0.5) is 0 Å². The zero-order chi connectivity index (χ0) is 24.7. The normalized spacial score (nSPS) is 26.8. The van der Waals surface area contributed by atoms with Crippen LogP contribution >= 0.6 is 11.8 Å². The van der Waals surface area contributed by atoms with Crippen LogP contribution in [0.15, 0.2) is 29.4 Å². The summed E-state index contributed by atoms with van der Waals surface area (Å²) in [7, 11) is 3.62. The van der Waals surface area contributed by atoms with Gasteiger partial charge in [-0.05, 0) is 17.7 Å². The Morgan fingerprint density at radius 1 is 1.09 bits per heavy atom. The van der Waals surface area contributed by atoms with Gasteiger partial charge in [0.15, 0.2) is 0 Å². The number of nitrogens with zero attached hydrogens (tertiary/aromatic N) is 2. The van der Waals surface area contributed by atoms with Gasteiger partial charge in [0.05, 0.1) is 34.8 Å². The predicted molar refractivity (Wildman–Crippen MR) is 117 cm³/mol. The van der Waals surface area contributed by atoms with Crippen LogP contribution in [0.2, 0.25) is 0 Å². The van der Waals surface area contributed by atoms with Crippen molar-refractivity contribution in [1.29, 1.82) is 0 Å². The van der Waals surface area contributed by atoms with E-state index in [-0.39, 0.29) is 17.2 Å². The largest absolute Gasteiger partial charge is 0.508 e. The zero-order valence-electron chi connectivity index (χ0n) is 18.1. The lowest BCUT2D eigenvalue weighted by Gasteiger charge is -2.39. The highest BCUT2D eigenvalue weighted by molar-refractivity contribution is 8.14. The lowest BCUT2D eigenvalue weighted by Crippen LogP contribution is -2.57. The van der Waals surface area contributed by atoms with Crippen LogP contribution in [0.1, 0.15) is 5.56 Å². The molecule has 2 rings (SSSR count). The number of aliphatic hydroxyl groups excluding tert-OH is 4. The minimum Gasteiger partial charge on any atom is -0.508 e. The molecule has 0 amide bonds. The molecule has 12 nitrogen and oxygen atoms in total. The van der Waals surface area contributed by atoms with Crippen molar-refractivity contribution in [3.05, 3.63) is 29.8 Å². The van der Waals surface area contributed by atoms with E-state index in [4.69, 9.17) is 9.29 Å². The van der Waals surface area contributed by atoms with E-state index in [2.05, 4.69) is 37.6 Å². The molecular weight excluding hydrogens is 468 g/mol. The highest BCUT2D eigenvalue weighted by Gasteiger charge is 2.44. The molecule has 32 heavy (non-hydrogen) atoms. The number of thioether (sulfide) groups is 1. The summed E-state index contributed by atoms with van der Waals surface area (Å²) in [5.74, 6) is 0.00742. The van der Waals surface area contributed by atoms with Gasteiger partial charge in [-0.2, -0.15) is 8.42 Å². The number of hydrogen-bond acceptors (Lipinski definition) is 11. The molecule has 1 aliphatic rings. The van der Waals surface area contributed by atoms with Gasteiger partial charge in [0, 0.05) is 6.42 Å². The fourth-order valence-electron chi connectivity index (χ4n) is 2.27. The molecule has 0 aliphatic carbocycles. The van der Waals surface area contributed by atoms with Gasteiger partial charge in [0.1, 0.15) is 40.6 Å². The monoisotopic (exact) mass is 499 g/mol. The second kappa shape index (κ2) is 12.1. The van der Waals surface area contributed by atoms with E-state index < -0.39 is 46.9 Å². The number of phenols is 1. The molecule has 14 heteroatoms. The van der Waals surface area contributed by atoms with Gasteiger partial charge in [-0.3, -0.25) is 4.55 Å². The summed E-state index contributed by atoms with van der Waals surface area (Å²) in [6.07, 6.45) is -5.93. The summed E-state index contributed by atoms with van der Waals surface area (Å²) < 4.78 is 40.6. The molecule has 1 fully saturated rings. The Balaban J connectivity index is 0.000000920. The van der Waals surface area contributed by atoms with Crippen molar-refractivity contribution in [2.24, 2.45) is 5.16 Å². The average Bonchev–Trinajstić information content (AvgIpc) is 2.66. The SMILES string of the molecule is C[N+](C)(C)C.O=S(=O)(O)O/N=C(\Cc1ccc(O)cc1)SC1OC(CO)C(O)C(O)C1O. The maximum absolute atomic E-state index is 10.8. The molecule has 0 bridgehead atoms. The van der Waals surface area contributed by atoms with Crippen LogP contribution in [-0.2, 0) is 25.8 Å². The van der Waals surface area contributed by atoms with E-state index in [9.17, 15) is 34.0 Å². The summed E-state index contributed by atoms with van der Waals surface area (Å²) in [4.78, 5) is 0. The predicted octanol–water partition coefficient (Wildman–Crippen LogP) is -1.08. The molecule has 1 heterocycles. The molecule has 0 radical (unpaired) electrons. The third-order valence-corrected chi connectivity index (χ3v) is 5.00. The number of oxime groups is 1. The maximum atomic E-state index is 10.8. The van der Waals surface area contributed by atoms with Gasteiger partial charge >= 0.3 is 10.4 Å². The number of phenolic OH excluding ortho intramolecular Hbond substituents is 1. The molecule has 5 atom stereocenters. The van der Waals surface area contributed by atoms with Crippen molar-refractivity contribution in [3.63, 3.8) is 0 Å². The summed E-state index contributed by atoms with van der Waals surface area (Å²) in [6, 6.07) is 5.81. The highest BCUT2D eigenvalue weighted by atomic mass is 32.3. The number of rotatable bonds is 6. The van der Waals surface area contributed by atoms with Gasteiger partial charge in [-0.1, -0.05) is 29.1 Å². The standard InChI is InChI=1S/C14H19NO10S2.C4H12N/c16-6-9-11(18)12(19)13(20)14(24-9)26-10(15-25-27(21,22)23)5-7-1-3-8(17)4-2-7;1-5(2,3)4/h1-4,9,11-14,16-20H,5-6H2,(H,21,22,23);1-4H3/q;+1/b15-10+;. The molecule has 1 saturated heterocycles. The second-order valence-corrected chi connectivity index (χ2v) is 10.5. The summed E-state index contributed by atoms with van der Waals surface area (Å²) >= 11 is 0.671. The van der Waals surface area contributed by atoms with Gasteiger partial charge in [0.2, 0.25) is 0 Å². The fraction of sp³-hybridized carbons (Fsp3) is 0.611. The number of quaternary nitrogens is 1. The second-order valence-electron chi connectivity index (χ2n) is 8.33. The number of aromatic hydroxyl groups is 1. The molecule has 0 saturated carbocycles. The van der Waals surface area contributed by atoms with Crippen molar-refractivity contribution in [2.45, 2.75) is 36.3 Å². The first kappa shape index (κ1) is 28.5. The Morgan fingerprint density at radius 2 is 1.62 bits per heavy atom. The van der Waals surface area contributed by atoms with Crippen LogP contribution in [0, 0.1) is 0 Å². The highest BCUT2D eigenvalue weighted by Crippen LogP contribution is 2.30. The first-order valence-electron chi connectivity index (χ1n) is 9.37. The minimum absolute atomic E-state index is 0.00742. The number of ether oxygens (including phenoxy) is 1. The summed E-state index contributed by atoms with van der Waals surface area (Å²) in [6.45, 7) is -0.631. The quantitative estimate of drug-likeness (QED) is 0.0919. The first-order chi connectivity index (χ1) is 14.6. The van der Waals surface area contributed by atoms with Gasteiger partial charge in [-0.15, -0.1) is 0 Å². The first-order valence-corrected chi connectivity index (χ1v) is 11.6. The molecule has 0 spiro atoms. The third-order valence-electron chi connectivity index (χ3n) is 3.63. The van der Waals surface area contributed by atoms with Gasteiger partial charge in [-0.25, -0.2) is 4.28 Å². The molecule has 1 aliphatic heterocycles. The Bertz CT molecular complexity index is 834. The van der Waals surface area contributed by atoms with E-state index in [1.54, 1.807) is 0 Å². The summed E-state index contributed by atoms with van der Waals surface area (Å²) in [5, 5.41) is 51.4. The molecule has 5 unspecified atom stereocenters. The van der Waals surface area contributed by atoms with Crippen LogP contribution < -0.4 is 0 Å². The topological polar surface area (TPSA) is 186 Å². The molecule has 1 aromatic rings. The third kappa shape index (κ3) is 10.9. The number of hydrogen-bond donors (Lipinski definition) is 6. The van der Waals surface area contributed by atoms with Crippen LogP contribution in [0.3, 0.4) is 0 Å². The van der Waals surface area contributed by atoms with Gasteiger partial charge in [0.25, 0.3) is 0 Å². The van der Waals surface area contributed by atoms with Crippen molar-refractivity contribution in [1.82, 2.24) is 0 Å².